The van der Waals surface area contributed by atoms with Gasteiger partial charge in [0.2, 0.25) is 5.71 Å². The second-order valence-electron chi connectivity index (χ2n) is 2.20. The van der Waals surface area contributed by atoms with Crippen molar-refractivity contribution in [2.24, 2.45) is 11.0 Å². The van der Waals surface area contributed by atoms with Gasteiger partial charge < -0.3 is 9.94 Å². The zero-order valence-electron chi connectivity index (χ0n) is 6.93. The van der Waals surface area contributed by atoms with Gasteiger partial charge in [-0.3, -0.25) is 5.01 Å². The molecule has 7 heteroatoms. The average Bonchev–Trinajstić information content (AvgIpc) is 2.47. The van der Waals surface area contributed by atoms with Gasteiger partial charge in [-0.15, -0.1) is 11.8 Å². The van der Waals surface area contributed by atoms with Crippen molar-refractivity contribution in [3.05, 3.63) is 11.1 Å². The van der Waals surface area contributed by atoms with Crippen LogP contribution in [0.2, 0.25) is 0 Å². The van der Waals surface area contributed by atoms with Crippen LogP contribution in [-0.4, -0.2) is 34.8 Å². The van der Waals surface area contributed by atoms with E-state index in [1.165, 1.54) is 23.9 Å². The molecule has 0 saturated carbocycles. The van der Waals surface area contributed by atoms with Gasteiger partial charge in [-0.2, -0.15) is 0 Å². The molecule has 72 valence electrons. The third kappa shape index (κ3) is 2.13. The van der Waals surface area contributed by atoms with Crippen LogP contribution >= 0.6 is 11.8 Å². The Morgan fingerprint density at radius 2 is 2.62 bits per heavy atom. The molecule has 6 nitrogen and oxygen atoms in total. The van der Waals surface area contributed by atoms with E-state index in [4.69, 9.17) is 10.9 Å². The number of nitrogens with two attached hydrogens (primary N) is 1. The van der Waals surface area contributed by atoms with E-state index in [9.17, 15) is 4.79 Å². The van der Waals surface area contributed by atoms with Crippen molar-refractivity contribution in [1.82, 2.24) is 5.01 Å². The fourth-order valence-corrected chi connectivity index (χ4v) is 1.59. The number of thioether (sulfide) groups is 1. The highest BCUT2D eigenvalue weighted by Crippen LogP contribution is 2.20. The number of hydrogen-bond donors (Lipinski definition) is 2. The minimum atomic E-state index is -1.16. The summed E-state index contributed by atoms with van der Waals surface area (Å²) >= 11 is 1.40. The summed E-state index contributed by atoms with van der Waals surface area (Å²) in [5.41, 5.74) is 0.175. The summed E-state index contributed by atoms with van der Waals surface area (Å²) in [5, 5.41) is 15.0. The molecule has 0 aromatic carbocycles. The molecule has 1 heterocycles. The largest absolute Gasteiger partial charge is 0.476 e. The highest BCUT2D eigenvalue weighted by molar-refractivity contribution is 8.02. The van der Waals surface area contributed by atoms with Crippen molar-refractivity contribution in [2.45, 2.75) is 0 Å². The first-order valence-electron chi connectivity index (χ1n) is 3.35. The Bertz CT molecular complexity index is 276. The van der Waals surface area contributed by atoms with Gasteiger partial charge in [-0.25, -0.2) is 10.6 Å². The maximum absolute atomic E-state index is 10.7. The summed E-state index contributed by atoms with van der Waals surface area (Å²) in [5.74, 6) is 4.85. The van der Waals surface area contributed by atoms with Crippen LogP contribution in [-0.2, 0) is 9.63 Å². The molecule has 0 unspecified atom stereocenters. The molecule has 3 N–H and O–H groups in total. The summed E-state index contributed by atoms with van der Waals surface area (Å²) in [7, 11) is 1.28. The minimum absolute atomic E-state index is 0.185. The van der Waals surface area contributed by atoms with Crippen LogP contribution < -0.4 is 5.84 Å². The monoisotopic (exact) mass is 203 g/mol. The third-order valence-corrected chi connectivity index (χ3v) is 2.16. The van der Waals surface area contributed by atoms with Crippen molar-refractivity contribution in [3.63, 3.8) is 0 Å². The van der Waals surface area contributed by atoms with Crippen molar-refractivity contribution in [1.29, 1.82) is 0 Å². The molecule has 0 radical (unpaired) electrons. The molecular formula is C6H9N3O3S. The van der Waals surface area contributed by atoms with Crippen molar-refractivity contribution >= 4 is 23.4 Å². The summed E-state index contributed by atoms with van der Waals surface area (Å²) in [6.45, 7) is 0. The summed E-state index contributed by atoms with van der Waals surface area (Å²) in [6, 6.07) is 0. The minimum Gasteiger partial charge on any atom is -0.476 e. The first-order chi connectivity index (χ1) is 6.16. The van der Waals surface area contributed by atoms with Gasteiger partial charge >= 0.3 is 5.97 Å². The molecule has 1 aliphatic heterocycles. The van der Waals surface area contributed by atoms with Gasteiger partial charge in [0, 0.05) is 5.41 Å². The molecule has 0 saturated heterocycles. The van der Waals surface area contributed by atoms with Crippen LogP contribution in [0, 0.1) is 0 Å². The number of hydrazine groups is 1. The number of hydrogen-bond acceptors (Lipinski definition) is 6. The van der Waals surface area contributed by atoms with Crippen LogP contribution in [0.5, 0.6) is 0 Å². The zero-order valence-corrected chi connectivity index (χ0v) is 7.74. The number of oxime groups is 1. The topological polar surface area (TPSA) is 88.2 Å². The SMILES string of the molecule is CO/N=C(\C(=O)O)C1=CSCN1N. The average molecular weight is 203 g/mol. The Balaban J connectivity index is 2.88. The van der Waals surface area contributed by atoms with E-state index in [2.05, 4.69) is 9.99 Å². The molecule has 0 aromatic rings. The molecular weight excluding hydrogens is 194 g/mol. The molecule has 0 aromatic heterocycles. The second-order valence-corrected chi connectivity index (χ2v) is 3.02. The van der Waals surface area contributed by atoms with Gasteiger partial charge in [0.1, 0.15) is 7.11 Å². The summed E-state index contributed by atoms with van der Waals surface area (Å²) in [6.07, 6.45) is 0. The van der Waals surface area contributed by atoms with Crippen LogP contribution in [0.3, 0.4) is 0 Å². The predicted molar refractivity (Wildman–Crippen MR) is 48.6 cm³/mol. The normalized spacial score (nSPS) is 17.2. The van der Waals surface area contributed by atoms with Gasteiger partial charge in [0.25, 0.3) is 0 Å². The molecule has 0 fully saturated rings. The Morgan fingerprint density at radius 1 is 1.92 bits per heavy atom. The van der Waals surface area contributed by atoms with E-state index in [1.54, 1.807) is 5.41 Å². The summed E-state index contributed by atoms with van der Waals surface area (Å²) in [4.78, 5) is 15.1. The number of carbonyl (C=O) groups is 1. The van der Waals surface area contributed by atoms with Gasteiger partial charge in [0.15, 0.2) is 0 Å². The lowest BCUT2D eigenvalue weighted by Gasteiger charge is -2.13. The van der Waals surface area contributed by atoms with Crippen molar-refractivity contribution in [3.8, 4) is 0 Å². The molecule has 13 heavy (non-hydrogen) atoms. The fourth-order valence-electron chi connectivity index (χ4n) is 0.812. The highest BCUT2D eigenvalue weighted by atomic mass is 32.2. The third-order valence-electron chi connectivity index (χ3n) is 1.35. The Hall–Kier alpha value is -1.21. The standard InChI is InChI=1S/C6H9N3O3S/c1-12-8-5(6(10)11)4-2-13-3-9(4)7/h2H,3,7H2,1H3,(H,10,11)/b8-5-. The van der Waals surface area contributed by atoms with Gasteiger partial charge in [-0.1, -0.05) is 5.16 Å². The second kappa shape index (κ2) is 4.15. The first-order valence-corrected chi connectivity index (χ1v) is 4.40. The molecule has 0 aliphatic carbocycles. The molecule has 0 atom stereocenters. The van der Waals surface area contributed by atoms with E-state index < -0.39 is 5.97 Å². The Kier molecular flexibility index (Phi) is 3.15. The quantitative estimate of drug-likeness (QED) is 0.375. The van der Waals surface area contributed by atoms with Crippen molar-refractivity contribution < 1.29 is 14.7 Å². The van der Waals surface area contributed by atoms with Gasteiger partial charge in [0.05, 0.1) is 11.6 Å². The summed E-state index contributed by atoms with van der Waals surface area (Å²) < 4.78 is 0. The number of rotatable bonds is 3. The molecule has 1 rings (SSSR count). The Labute approximate surface area is 79.0 Å². The van der Waals surface area contributed by atoms with Gasteiger partial charge in [-0.05, 0) is 0 Å². The molecule has 0 amide bonds. The van der Waals surface area contributed by atoms with E-state index >= 15 is 0 Å². The number of carboxylic acids is 1. The lowest BCUT2D eigenvalue weighted by Crippen LogP contribution is -2.33. The maximum atomic E-state index is 10.7. The molecule has 0 spiro atoms. The lowest BCUT2D eigenvalue weighted by atomic mass is 10.3. The first kappa shape index (κ1) is 9.87. The van der Waals surface area contributed by atoms with Crippen LogP contribution in [0.15, 0.2) is 16.3 Å². The van der Waals surface area contributed by atoms with E-state index in [0.29, 0.717) is 11.6 Å². The van der Waals surface area contributed by atoms with Crippen molar-refractivity contribution in [2.75, 3.05) is 13.0 Å². The number of carboxylic acid groups (broad SMARTS) is 1. The maximum Gasteiger partial charge on any atom is 0.360 e. The fraction of sp³-hybridized carbons (Fsp3) is 0.333. The van der Waals surface area contributed by atoms with E-state index in [0.717, 1.165) is 0 Å². The van der Waals surface area contributed by atoms with Crippen LogP contribution in [0.25, 0.3) is 0 Å². The highest BCUT2D eigenvalue weighted by Gasteiger charge is 2.23. The van der Waals surface area contributed by atoms with E-state index in [-0.39, 0.29) is 5.71 Å². The number of nitrogens with zero attached hydrogens (tertiary/aromatic N) is 2. The zero-order chi connectivity index (χ0) is 9.84. The smallest absolute Gasteiger partial charge is 0.360 e. The molecule has 0 bridgehead atoms. The van der Waals surface area contributed by atoms with Crippen LogP contribution in [0.1, 0.15) is 0 Å². The molecule has 1 aliphatic rings. The van der Waals surface area contributed by atoms with Crippen LogP contribution in [0.4, 0.5) is 0 Å². The Morgan fingerprint density at radius 3 is 3.00 bits per heavy atom. The predicted octanol–water partition coefficient (Wildman–Crippen LogP) is -0.205. The lowest BCUT2D eigenvalue weighted by molar-refractivity contribution is -0.129. The van der Waals surface area contributed by atoms with E-state index in [1.807, 2.05) is 0 Å². The number of aliphatic carboxylic acids is 1.